The summed E-state index contributed by atoms with van der Waals surface area (Å²) in [4.78, 5) is 132. The second-order valence-electron chi connectivity index (χ2n) is 26.2. The van der Waals surface area contributed by atoms with E-state index in [0.717, 1.165) is 10.1 Å². The lowest BCUT2D eigenvalue weighted by molar-refractivity contribution is -0.275. The summed E-state index contributed by atoms with van der Waals surface area (Å²) >= 11 is 0. The third-order valence-corrected chi connectivity index (χ3v) is 17.1. The average Bonchev–Trinajstić information content (AvgIpc) is 0.878. The highest BCUT2D eigenvalue weighted by molar-refractivity contribution is 5.98. The van der Waals surface area contributed by atoms with Crippen molar-refractivity contribution in [2.45, 2.75) is 93.0 Å². The molecule has 0 saturated heterocycles. The summed E-state index contributed by atoms with van der Waals surface area (Å²) in [6.45, 7) is 14.0. The number of ether oxygens (including phenoxy) is 6. The molecule has 5 heterocycles. The molecular formula is C86H74F7N5O19. The van der Waals surface area contributed by atoms with Gasteiger partial charge in [-0.2, -0.15) is 0 Å². The fourth-order valence-electron chi connectivity index (χ4n) is 11.9. The van der Waals surface area contributed by atoms with E-state index in [-0.39, 0.29) is 101 Å². The number of carboxylic acid groups (broad SMARTS) is 2. The number of halogens is 7. The van der Waals surface area contributed by atoms with Crippen molar-refractivity contribution in [2.75, 3.05) is 19.8 Å². The number of para-hydroxylation sites is 5. The molecule has 117 heavy (non-hydrogen) atoms. The van der Waals surface area contributed by atoms with E-state index in [1.165, 1.54) is 85.5 Å². The summed E-state index contributed by atoms with van der Waals surface area (Å²) in [6.07, 6.45) is -3.55. The maximum atomic E-state index is 13.8. The molecule has 5 aromatic heterocycles. The van der Waals surface area contributed by atoms with Crippen molar-refractivity contribution < 1.29 is 98.1 Å². The van der Waals surface area contributed by atoms with Crippen LogP contribution in [-0.4, -0.2) is 107 Å². The quantitative estimate of drug-likeness (QED) is 0.0486. The molecule has 0 saturated carbocycles. The molecule has 0 amide bonds. The number of rotatable bonds is 17. The van der Waals surface area contributed by atoms with Gasteiger partial charge < -0.3 is 56.9 Å². The van der Waals surface area contributed by atoms with Crippen LogP contribution in [0.15, 0.2) is 249 Å². The van der Waals surface area contributed by atoms with Gasteiger partial charge in [0.25, 0.3) is 0 Å². The SMILES string of the molecule is CCOC(=O)c1cn(C(=O)OC(C)(C)C)c2ccccc2c1=O.CCOC(=O)c1cn(CC)c2ccccc2c1=O.CCOC(=O)c1cn(Cc2ccc(OC(F)(F)F)cc2)c2ccccc2c1=O.O=C(O)c1cn(Cc2ccc(OC(F)(F)F)cc2)c2ccccc2c1=O.O=C(O)c1cn(Cc2ccccc2F)c2ccccc2c1=O. The number of aryl methyl sites for hydroxylation is 1. The van der Waals surface area contributed by atoms with Crippen LogP contribution in [0.2, 0.25) is 0 Å². The molecule has 0 fully saturated rings. The molecule has 0 radical (unpaired) electrons. The molecule has 8 aromatic carbocycles. The molecule has 0 unspecified atom stereocenters. The number of esters is 3. The maximum absolute atomic E-state index is 13.8. The summed E-state index contributed by atoms with van der Waals surface area (Å²) in [6, 6.07) is 50.7. The van der Waals surface area contributed by atoms with Crippen LogP contribution in [-0.2, 0) is 45.1 Å². The van der Waals surface area contributed by atoms with Crippen molar-refractivity contribution in [3.05, 3.63) is 327 Å². The molecule has 2 N–H and O–H groups in total. The molecule has 0 aliphatic carbocycles. The van der Waals surface area contributed by atoms with Crippen LogP contribution in [0.4, 0.5) is 35.5 Å². The number of carbonyl (C=O) groups is 6. The number of carbonyl (C=O) groups excluding carboxylic acids is 4. The molecule has 0 spiro atoms. The second kappa shape index (κ2) is 38.0. The molecule has 0 aliphatic rings. The van der Waals surface area contributed by atoms with Gasteiger partial charge in [0.05, 0.1) is 53.9 Å². The Morgan fingerprint density at radius 2 is 0.650 bits per heavy atom. The molecule has 24 nitrogen and oxygen atoms in total. The molecule has 13 aromatic rings. The molecular weight excluding hydrogens is 1540 g/mol. The molecule has 0 aliphatic heterocycles. The Labute approximate surface area is 659 Å². The fourth-order valence-corrected chi connectivity index (χ4v) is 11.9. The van der Waals surface area contributed by atoms with Crippen LogP contribution in [0.1, 0.15) is 117 Å². The highest BCUT2D eigenvalue weighted by Gasteiger charge is 2.32. The van der Waals surface area contributed by atoms with E-state index in [0.29, 0.717) is 61.5 Å². The van der Waals surface area contributed by atoms with Crippen molar-refractivity contribution in [3.63, 3.8) is 0 Å². The van der Waals surface area contributed by atoms with Gasteiger partial charge in [0.1, 0.15) is 50.7 Å². The zero-order valence-corrected chi connectivity index (χ0v) is 63.5. The largest absolute Gasteiger partial charge is 0.573 e. The van der Waals surface area contributed by atoms with Crippen LogP contribution in [0, 0.1) is 5.82 Å². The van der Waals surface area contributed by atoms with E-state index in [1.54, 1.807) is 183 Å². The van der Waals surface area contributed by atoms with Gasteiger partial charge in [-0.1, -0.05) is 103 Å². The van der Waals surface area contributed by atoms with Crippen molar-refractivity contribution in [1.29, 1.82) is 0 Å². The fraction of sp³-hybridized carbons (Fsp3) is 0.198. The Morgan fingerprint density at radius 1 is 0.359 bits per heavy atom. The number of fused-ring (bicyclic) bond motifs is 5. The van der Waals surface area contributed by atoms with Crippen LogP contribution in [0.3, 0.4) is 0 Å². The Balaban J connectivity index is 0.000000168. The minimum atomic E-state index is -4.77. The topological polar surface area (TPSA) is 308 Å². The number of carboxylic acids is 2. The Morgan fingerprint density at radius 3 is 0.983 bits per heavy atom. The standard InChI is InChI=1S/C20H16F3NO4.C18H12F3NO4.C17H12FNO3.C17H19NO5.C14H15NO3/c1-2-27-19(26)16-12-24(17-6-4-3-5-15(17)18(16)25)11-13-7-9-14(10-8-13)28-20(21,22)23;19-18(20,21)26-12-7-5-11(6-8-12)9-22-10-14(17(24)25)16(23)13-3-1-2-4-15(13)22;18-14-7-3-1-5-11(14)9-19-10-13(17(21)22)16(20)12-6-2-4-8-15(12)19;1-5-22-15(20)12-10-18(16(21)23-17(2,3)4)13-9-7-6-8-11(13)14(12)19;1-3-15-9-11(14(17)18-4-2)13(16)10-7-5-6-8-12(10)15/h3-10,12H,2,11H2,1H3;1-8,10H,9H2,(H,24,25);1-8,10H,9H2,(H,21,22);6-10H,5H2,1-4H3;5-9H,3-4H2,1-2H3. The van der Waals surface area contributed by atoms with E-state index in [2.05, 4.69) is 9.47 Å². The monoisotopic (exact) mass is 1610 g/mol. The first-order valence-corrected chi connectivity index (χ1v) is 35.8. The zero-order valence-electron chi connectivity index (χ0n) is 63.5. The van der Waals surface area contributed by atoms with Gasteiger partial charge in [-0.3, -0.25) is 28.5 Å². The second-order valence-corrected chi connectivity index (χ2v) is 26.2. The number of pyridine rings is 5. The lowest BCUT2D eigenvalue weighted by Gasteiger charge is -2.21. The maximum Gasteiger partial charge on any atom is 0.573 e. The number of alkyl halides is 6. The lowest BCUT2D eigenvalue weighted by atomic mass is 10.1. The van der Waals surface area contributed by atoms with Gasteiger partial charge in [0.2, 0.25) is 27.1 Å². The van der Waals surface area contributed by atoms with Crippen LogP contribution >= 0.6 is 0 Å². The van der Waals surface area contributed by atoms with Gasteiger partial charge in [-0.25, -0.2) is 33.2 Å². The Hall–Kier alpha value is -14.3. The number of nitrogens with zero attached hydrogens (tertiary/aromatic N) is 5. The van der Waals surface area contributed by atoms with Crippen LogP contribution in [0.5, 0.6) is 11.5 Å². The highest BCUT2D eigenvalue weighted by atomic mass is 19.4. The van der Waals surface area contributed by atoms with Gasteiger partial charge in [-0.05, 0) is 151 Å². The van der Waals surface area contributed by atoms with E-state index in [4.69, 9.17) is 18.9 Å². The number of hydrogen-bond acceptors (Lipinski definition) is 17. The number of aromatic carboxylic acids is 2. The molecule has 13 rings (SSSR count). The minimum absolute atomic E-state index is 0.0948. The highest BCUT2D eigenvalue weighted by Crippen LogP contribution is 2.27. The van der Waals surface area contributed by atoms with E-state index in [9.17, 15) is 93.7 Å². The number of hydrogen-bond donors (Lipinski definition) is 2. The third kappa shape index (κ3) is 22.2. The van der Waals surface area contributed by atoms with Gasteiger partial charge in [0.15, 0.2) is 0 Å². The van der Waals surface area contributed by atoms with Gasteiger partial charge >= 0.3 is 48.7 Å². The van der Waals surface area contributed by atoms with Gasteiger partial charge in [0, 0.05) is 83.1 Å². The Kier molecular flexibility index (Phi) is 28.2. The predicted molar refractivity (Wildman–Crippen MR) is 420 cm³/mol. The van der Waals surface area contributed by atoms with Crippen molar-refractivity contribution in [1.82, 2.24) is 22.8 Å². The Bertz CT molecular complexity index is 6200. The molecule has 31 heteroatoms. The summed E-state index contributed by atoms with van der Waals surface area (Å²) < 4.78 is 123. The molecule has 0 atom stereocenters. The lowest BCUT2D eigenvalue weighted by Crippen LogP contribution is -2.29. The van der Waals surface area contributed by atoms with Crippen LogP contribution in [0.25, 0.3) is 54.5 Å². The molecule has 0 bridgehead atoms. The van der Waals surface area contributed by atoms with Crippen molar-refractivity contribution >= 4 is 90.5 Å². The minimum Gasteiger partial charge on any atom is -0.477 e. The average molecular weight is 1610 g/mol. The summed E-state index contributed by atoms with van der Waals surface area (Å²) in [7, 11) is 0. The first-order valence-electron chi connectivity index (χ1n) is 35.8. The predicted octanol–water partition coefficient (Wildman–Crippen LogP) is 15.8. The third-order valence-electron chi connectivity index (χ3n) is 17.1. The van der Waals surface area contributed by atoms with Gasteiger partial charge in [-0.15, -0.1) is 26.3 Å². The number of benzene rings is 8. The number of aromatic nitrogens is 5. The summed E-state index contributed by atoms with van der Waals surface area (Å²) in [5.74, 6) is -5.73. The van der Waals surface area contributed by atoms with Crippen molar-refractivity contribution in [3.8, 4) is 11.5 Å². The van der Waals surface area contributed by atoms with E-state index < -0.39 is 76.0 Å². The smallest absolute Gasteiger partial charge is 0.477 e. The first kappa shape index (κ1) is 86.7. The normalized spacial score (nSPS) is 11.2. The summed E-state index contributed by atoms with van der Waals surface area (Å²) in [5, 5.41) is 20.1. The molecule has 606 valence electrons. The zero-order chi connectivity index (χ0) is 85.2. The van der Waals surface area contributed by atoms with Crippen LogP contribution < -0.4 is 36.6 Å². The summed E-state index contributed by atoms with van der Waals surface area (Å²) in [5.41, 5.74) is 0.703. The first-order chi connectivity index (χ1) is 55.5. The van der Waals surface area contributed by atoms with Crippen molar-refractivity contribution in [2.24, 2.45) is 0 Å². The van der Waals surface area contributed by atoms with E-state index >= 15 is 0 Å². The van der Waals surface area contributed by atoms with E-state index in [1.807, 2.05) is 23.6 Å².